The van der Waals surface area contributed by atoms with Gasteiger partial charge in [0.1, 0.15) is 5.75 Å². The van der Waals surface area contributed by atoms with Crippen LogP contribution in [-0.2, 0) is 10.3 Å². The predicted octanol–water partition coefficient (Wildman–Crippen LogP) is 3.66. The molecule has 0 unspecified atom stereocenters. The number of para-hydroxylation sites is 1. The molecule has 1 atom stereocenters. The molecule has 134 valence electrons. The lowest BCUT2D eigenvalue weighted by molar-refractivity contribution is -0.132. The van der Waals surface area contributed by atoms with E-state index in [9.17, 15) is 9.59 Å². The zero-order valence-corrected chi connectivity index (χ0v) is 15.5. The molecular weight excluding hydrogens is 372 g/mol. The molecule has 0 saturated carbocycles. The Balaban J connectivity index is 1.49. The van der Waals surface area contributed by atoms with Gasteiger partial charge in [-0.25, -0.2) is 4.79 Å². The van der Waals surface area contributed by atoms with Crippen molar-refractivity contribution in [3.63, 3.8) is 0 Å². The first-order valence-electron chi connectivity index (χ1n) is 8.35. The Kier molecular flexibility index (Phi) is 4.54. The van der Waals surface area contributed by atoms with E-state index in [1.165, 1.54) is 4.90 Å². The molecule has 4 rings (SSSR count). The Hall–Kier alpha value is -2.18. The summed E-state index contributed by atoms with van der Waals surface area (Å²) in [6.07, 6.45) is 0.440. The lowest BCUT2D eigenvalue weighted by atomic mass is 9.84. The first-order valence-corrected chi connectivity index (χ1v) is 9.71. The number of hydrogen-bond acceptors (Lipinski definition) is 4. The van der Waals surface area contributed by atoms with E-state index in [-0.39, 0.29) is 11.9 Å². The Morgan fingerprint density at radius 2 is 1.92 bits per heavy atom. The molecule has 1 saturated heterocycles. The van der Waals surface area contributed by atoms with E-state index in [1.54, 1.807) is 11.8 Å². The third-order valence-electron chi connectivity index (χ3n) is 4.65. The van der Waals surface area contributed by atoms with Crippen LogP contribution in [0.5, 0.6) is 5.75 Å². The van der Waals surface area contributed by atoms with Gasteiger partial charge in [0, 0.05) is 34.2 Å². The van der Waals surface area contributed by atoms with Crippen LogP contribution in [0.2, 0.25) is 5.02 Å². The molecule has 2 heterocycles. The smallest absolute Gasteiger partial charge is 0.325 e. The minimum Gasteiger partial charge on any atom is -0.493 e. The van der Waals surface area contributed by atoms with Crippen LogP contribution in [0.4, 0.5) is 4.79 Å². The zero-order valence-electron chi connectivity index (χ0n) is 13.9. The highest BCUT2D eigenvalue weighted by Gasteiger charge is 2.54. The molecule has 3 amide bonds. The summed E-state index contributed by atoms with van der Waals surface area (Å²) >= 11 is 7.47. The fourth-order valence-electron chi connectivity index (χ4n) is 3.36. The quantitative estimate of drug-likeness (QED) is 0.641. The van der Waals surface area contributed by atoms with Gasteiger partial charge in [-0.1, -0.05) is 29.8 Å². The first kappa shape index (κ1) is 17.2. The average molecular weight is 389 g/mol. The van der Waals surface area contributed by atoms with Crippen LogP contribution in [0.25, 0.3) is 0 Å². The van der Waals surface area contributed by atoms with Crippen LogP contribution >= 0.6 is 23.4 Å². The van der Waals surface area contributed by atoms with E-state index < -0.39 is 5.54 Å². The highest BCUT2D eigenvalue weighted by molar-refractivity contribution is 7.99. The number of amides is 3. The largest absolute Gasteiger partial charge is 0.493 e. The molecule has 2 aromatic carbocycles. The number of fused-ring (bicyclic) bond motifs is 2. The van der Waals surface area contributed by atoms with Gasteiger partial charge in [0.05, 0.1) is 6.61 Å². The molecule has 0 radical (unpaired) electrons. The van der Waals surface area contributed by atoms with Crippen molar-refractivity contribution < 1.29 is 14.3 Å². The minimum absolute atomic E-state index is 0.199. The Bertz CT molecular complexity index is 858. The summed E-state index contributed by atoms with van der Waals surface area (Å²) in [6.45, 7) is 0.749. The van der Waals surface area contributed by atoms with E-state index in [0.717, 1.165) is 10.5 Å². The Morgan fingerprint density at radius 3 is 2.73 bits per heavy atom. The fraction of sp³-hybridized carbons (Fsp3) is 0.263. The van der Waals surface area contributed by atoms with Gasteiger partial charge in [0.25, 0.3) is 5.91 Å². The number of nitrogens with one attached hydrogen (secondary N) is 1. The van der Waals surface area contributed by atoms with Crippen LogP contribution in [0, 0.1) is 0 Å². The number of nitrogens with zero attached hydrogens (tertiary/aromatic N) is 1. The molecule has 1 N–H and O–H groups in total. The minimum atomic E-state index is -1.00. The number of hydrogen-bond donors (Lipinski definition) is 1. The van der Waals surface area contributed by atoms with Crippen LogP contribution in [-0.4, -0.2) is 35.7 Å². The van der Waals surface area contributed by atoms with Gasteiger partial charge in [-0.05, 0) is 30.3 Å². The second kappa shape index (κ2) is 6.85. The standard InChI is InChI=1S/C19H17ClN2O3S/c20-13-5-7-14(8-6-13)26-12-10-22-17(23)19(21-18(22)24)9-11-25-16-4-2-1-3-15(16)19/h1-8H,9-12H2,(H,21,24)/t19-/m0/s1. The van der Waals surface area contributed by atoms with Gasteiger partial charge < -0.3 is 10.1 Å². The van der Waals surface area contributed by atoms with Crippen molar-refractivity contribution >= 4 is 35.3 Å². The van der Waals surface area contributed by atoms with Crippen molar-refractivity contribution in [2.75, 3.05) is 18.9 Å². The molecule has 2 aliphatic rings. The molecule has 26 heavy (non-hydrogen) atoms. The van der Waals surface area contributed by atoms with Gasteiger partial charge in [0.2, 0.25) is 0 Å². The van der Waals surface area contributed by atoms with Crippen LogP contribution in [0.15, 0.2) is 53.4 Å². The van der Waals surface area contributed by atoms with Gasteiger partial charge in [-0.15, -0.1) is 11.8 Å². The highest BCUT2D eigenvalue weighted by atomic mass is 35.5. The number of urea groups is 1. The monoisotopic (exact) mass is 388 g/mol. The molecular formula is C19H17ClN2O3S. The van der Waals surface area contributed by atoms with Gasteiger partial charge >= 0.3 is 6.03 Å². The van der Waals surface area contributed by atoms with Crippen molar-refractivity contribution in [3.8, 4) is 5.75 Å². The predicted molar refractivity (Wildman–Crippen MR) is 101 cm³/mol. The summed E-state index contributed by atoms with van der Waals surface area (Å²) < 4.78 is 5.64. The topological polar surface area (TPSA) is 58.6 Å². The SMILES string of the molecule is O=C1N[C@]2(CCOc3ccccc32)C(=O)N1CCSc1ccc(Cl)cc1. The van der Waals surface area contributed by atoms with Crippen molar-refractivity contribution in [1.82, 2.24) is 10.2 Å². The summed E-state index contributed by atoms with van der Waals surface area (Å²) in [5, 5.41) is 3.60. The molecule has 1 spiro atoms. The van der Waals surface area contributed by atoms with Crippen molar-refractivity contribution in [2.24, 2.45) is 0 Å². The Labute approximate surface area is 160 Å². The number of ether oxygens (including phenoxy) is 1. The summed E-state index contributed by atoms with van der Waals surface area (Å²) in [7, 11) is 0. The molecule has 0 aliphatic carbocycles. The van der Waals surface area contributed by atoms with E-state index in [4.69, 9.17) is 16.3 Å². The molecule has 1 fully saturated rings. The number of rotatable bonds is 4. The summed E-state index contributed by atoms with van der Waals surface area (Å²) in [4.78, 5) is 27.9. The van der Waals surface area contributed by atoms with Crippen molar-refractivity contribution in [1.29, 1.82) is 0 Å². The highest BCUT2D eigenvalue weighted by Crippen LogP contribution is 2.41. The normalized spacial score (nSPS) is 21.5. The molecule has 5 nitrogen and oxygen atoms in total. The molecule has 7 heteroatoms. The average Bonchev–Trinajstić information content (AvgIpc) is 2.88. The molecule has 0 aromatic heterocycles. The van der Waals surface area contributed by atoms with Crippen molar-refractivity contribution in [2.45, 2.75) is 16.9 Å². The third-order valence-corrected chi connectivity index (χ3v) is 5.90. The van der Waals surface area contributed by atoms with Crippen LogP contribution < -0.4 is 10.1 Å². The maximum atomic E-state index is 13.1. The maximum Gasteiger partial charge on any atom is 0.325 e. The summed E-state index contributed by atoms with van der Waals surface area (Å²) in [5.41, 5.74) is -0.269. The number of imide groups is 1. The fourth-order valence-corrected chi connectivity index (χ4v) is 4.32. The second-order valence-corrected chi connectivity index (χ2v) is 7.79. The van der Waals surface area contributed by atoms with E-state index in [2.05, 4.69) is 5.32 Å². The van der Waals surface area contributed by atoms with Crippen molar-refractivity contribution in [3.05, 3.63) is 59.1 Å². The Morgan fingerprint density at radius 1 is 1.15 bits per heavy atom. The van der Waals surface area contributed by atoms with Gasteiger partial charge in [-0.2, -0.15) is 0 Å². The molecule has 0 bridgehead atoms. The lowest BCUT2D eigenvalue weighted by Crippen LogP contribution is -2.47. The maximum absolute atomic E-state index is 13.1. The molecule has 2 aromatic rings. The summed E-state index contributed by atoms with van der Waals surface area (Å²) in [6, 6.07) is 14.5. The first-order chi connectivity index (χ1) is 12.6. The second-order valence-electron chi connectivity index (χ2n) is 6.19. The number of carbonyl (C=O) groups is 2. The lowest BCUT2D eigenvalue weighted by Gasteiger charge is -2.33. The van der Waals surface area contributed by atoms with Crippen LogP contribution in [0.1, 0.15) is 12.0 Å². The number of benzene rings is 2. The van der Waals surface area contributed by atoms with Crippen LogP contribution in [0.3, 0.4) is 0 Å². The van der Waals surface area contributed by atoms with Gasteiger partial charge in [-0.3, -0.25) is 9.69 Å². The van der Waals surface area contributed by atoms with E-state index in [1.807, 2.05) is 48.5 Å². The number of halogens is 1. The van der Waals surface area contributed by atoms with Gasteiger partial charge in [0.15, 0.2) is 5.54 Å². The van der Waals surface area contributed by atoms with E-state index >= 15 is 0 Å². The van der Waals surface area contributed by atoms with E-state index in [0.29, 0.717) is 36.1 Å². The number of thioether (sulfide) groups is 1. The molecule has 2 aliphatic heterocycles. The number of carbonyl (C=O) groups excluding carboxylic acids is 2. The third kappa shape index (κ3) is 2.93. The zero-order chi connectivity index (χ0) is 18.1. The summed E-state index contributed by atoms with van der Waals surface area (Å²) in [5.74, 6) is 1.08.